The van der Waals surface area contributed by atoms with Crippen molar-refractivity contribution in [3.05, 3.63) is 83.9 Å². The van der Waals surface area contributed by atoms with E-state index < -0.39 is 21.3 Å². The smallest absolute Gasteiger partial charge is 0.245 e. The molecular formula is C33H39N7O3S. The van der Waals surface area contributed by atoms with Crippen LogP contribution in [0.5, 0.6) is 0 Å². The molecule has 1 amide bonds. The van der Waals surface area contributed by atoms with Crippen LogP contribution in [-0.2, 0) is 27.8 Å². The van der Waals surface area contributed by atoms with E-state index in [0.29, 0.717) is 44.0 Å². The van der Waals surface area contributed by atoms with Crippen LogP contribution in [0.2, 0.25) is 0 Å². The highest BCUT2D eigenvalue weighted by atomic mass is 32.2. The van der Waals surface area contributed by atoms with Gasteiger partial charge in [0.2, 0.25) is 15.9 Å². The second-order valence-corrected chi connectivity index (χ2v) is 14.2. The molecule has 11 heteroatoms. The molecule has 1 aliphatic heterocycles. The van der Waals surface area contributed by atoms with Crippen LogP contribution >= 0.6 is 0 Å². The van der Waals surface area contributed by atoms with E-state index in [4.69, 9.17) is 0 Å². The minimum absolute atomic E-state index is 0.216. The first-order valence-corrected chi connectivity index (χ1v) is 16.8. The Kier molecular flexibility index (Phi) is 8.88. The standard InChI is InChI=1S/C33H39N7O3S/c1-39(2)21-24-8-7-10-27(20-24)44(42,43)36-30-19-18-26-9-3-6-13-31(26)40(33(30)41)22-23-14-16-25(17-15-23)28-11-4-5-12-29(28)32-34-37-38-35-32/h3-6,9,11-17,24,27,30,36H,7-8,10,18-22H2,1-2H3,(H,34,35,37,38). The van der Waals surface area contributed by atoms with Crippen molar-refractivity contribution in [2.45, 2.75) is 56.4 Å². The van der Waals surface area contributed by atoms with Crippen molar-refractivity contribution in [1.82, 2.24) is 30.2 Å². The maximum Gasteiger partial charge on any atom is 0.245 e. The van der Waals surface area contributed by atoms with Gasteiger partial charge in [-0.3, -0.25) is 4.79 Å². The van der Waals surface area contributed by atoms with E-state index in [1.54, 1.807) is 4.90 Å². The Morgan fingerprint density at radius 3 is 2.45 bits per heavy atom. The summed E-state index contributed by atoms with van der Waals surface area (Å²) in [5.74, 6) is 0.714. The third-order valence-corrected chi connectivity index (χ3v) is 10.7. The van der Waals surface area contributed by atoms with E-state index in [1.807, 2.05) is 86.9 Å². The number of para-hydroxylation sites is 1. The average molecular weight is 614 g/mol. The molecule has 2 heterocycles. The van der Waals surface area contributed by atoms with Crippen molar-refractivity contribution in [3.8, 4) is 22.5 Å². The number of fused-ring (bicyclic) bond motifs is 1. The van der Waals surface area contributed by atoms with Gasteiger partial charge in [0.15, 0.2) is 5.82 Å². The number of hydrogen-bond acceptors (Lipinski definition) is 7. The first kappa shape index (κ1) is 30.1. The highest BCUT2D eigenvalue weighted by molar-refractivity contribution is 7.90. The zero-order valence-corrected chi connectivity index (χ0v) is 26.0. The Morgan fingerprint density at radius 1 is 0.955 bits per heavy atom. The number of aromatic amines is 1. The van der Waals surface area contributed by atoms with Gasteiger partial charge in [0, 0.05) is 17.8 Å². The Hall–Kier alpha value is -3.93. The number of carbonyl (C=O) groups excluding carboxylic acids is 1. The van der Waals surface area contributed by atoms with E-state index in [0.717, 1.165) is 52.9 Å². The number of aryl methyl sites for hydroxylation is 1. The van der Waals surface area contributed by atoms with Gasteiger partial charge in [0.1, 0.15) is 6.04 Å². The summed E-state index contributed by atoms with van der Waals surface area (Å²) in [7, 11) is 0.371. The van der Waals surface area contributed by atoms with Crippen molar-refractivity contribution in [3.63, 3.8) is 0 Å². The molecule has 2 N–H and O–H groups in total. The molecule has 230 valence electrons. The third-order valence-electron chi connectivity index (χ3n) is 8.79. The molecule has 3 unspecified atom stereocenters. The van der Waals surface area contributed by atoms with Gasteiger partial charge >= 0.3 is 0 Å². The Balaban J connectivity index is 1.23. The van der Waals surface area contributed by atoms with E-state index in [1.165, 1.54) is 0 Å². The number of benzene rings is 3. The molecule has 1 aromatic heterocycles. The van der Waals surface area contributed by atoms with Crippen LogP contribution in [0.1, 0.15) is 43.2 Å². The lowest BCUT2D eigenvalue weighted by Crippen LogP contribution is -2.50. The summed E-state index contributed by atoms with van der Waals surface area (Å²) in [4.78, 5) is 18.0. The molecule has 1 aliphatic carbocycles. The summed E-state index contributed by atoms with van der Waals surface area (Å²) in [5, 5.41) is 13.9. The molecule has 6 rings (SSSR count). The Bertz CT molecular complexity index is 1690. The molecule has 44 heavy (non-hydrogen) atoms. The topological polar surface area (TPSA) is 124 Å². The molecular weight excluding hydrogens is 574 g/mol. The van der Waals surface area contributed by atoms with Gasteiger partial charge in [-0.1, -0.05) is 73.2 Å². The number of nitrogens with zero attached hydrogens (tertiary/aromatic N) is 5. The molecule has 3 atom stereocenters. The molecule has 3 aromatic carbocycles. The molecule has 10 nitrogen and oxygen atoms in total. The summed E-state index contributed by atoms with van der Waals surface area (Å²) in [6.07, 6.45) is 4.22. The van der Waals surface area contributed by atoms with Gasteiger partial charge in [0.05, 0.1) is 11.8 Å². The van der Waals surface area contributed by atoms with E-state index in [2.05, 4.69) is 30.2 Å². The quantitative estimate of drug-likeness (QED) is 0.286. The van der Waals surface area contributed by atoms with Gasteiger partial charge in [-0.15, -0.1) is 5.10 Å². The van der Waals surface area contributed by atoms with Gasteiger partial charge in [-0.05, 0) is 90.9 Å². The predicted octanol–water partition coefficient (Wildman–Crippen LogP) is 4.42. The second kappa shape index (κ2) is 13.0. The maximum atomic E-state index is 14.1. The summed E-state index contributed by atoms with van der Waals surface area (Å²) in [5.41, 5.74) is 5.68. The number of tetrazole rings is 1. The molecule has 1 saturated carbocycles. The molecule has 0 saturated heterocycles. The second-order valence-electron chi connectivity index (χ2n) is 12.2. The van der Waals surface area contributed by atoms with E-state index in [9.17, 15) is 13.2 Å². The van der Waals surface area contributed by atoms with Crippen molar-refractivity contribution < 1.29 is 13.2 Å². The highest BCUT2D eigenvalue weighted by Crippen LogP contribution is 2.33. The monoisotopic (exact) mass is 613 g/mol. The van der Waals surface area contributed by atoms with Gasteiger partial charge < -0.3 is 9.80 Å². The summed E-state index contributed by atoms with van der Waals surface area (Å²) in [6.45, 7) is 1.20. The molecule has 1 fully saturated rings. The zero-order valence-electron chi connectivity index (χ0n) is 25.2. The Labute approximate surface area is 258 Å². The van der Waals surface area contributed by atoms with Crippen molar-refractivity contribution >= 4 is 21.6 Å². The van der Waals surface area contributed by atoms with Crippen LogP contribution < -0.4 is 9.62 Å². The number of rotatable bonds is 9. The highest BCUT2D eigenvalue weighted by Gasteiger charge is 2.37. The lowest BCUT2D eigenvalue weighted by atomic mass is 9.88. The fourth-order valence-corrected chi connectivity index (χ4v) is 8.49. The SMILES string of the molecule is CN(C)CC1CCCC(S(=O)(=O)NC2CCc3ccccc3N(Cc3ccc(-c4ccccc4-c4nnn[nH]4)cc3)C2=O)C1. The normalized spacial score (nSPS) is 20.8. The van der Waals surface area contributed by atoms with Gasteiger partial charge in [-0.25, -0.2) is 18.2 Å². The van der Waals surface area contributed by atoms with Crippen molar-refractivity contribution in [2.24, 2.45) is 5.92 Å². The lowest BCUT2D eigenvalue weighted by Gasteiger charge is -2.32. The first-order valence-electron chi connectivity index (χ1n) is 15.3. The number of hydrogen-bond donors (Lipinski definition) is 2. The van der Waals surface area contributed by atoms with Crippen LogP contribution in [0, 0.1) is 5.92 Å². The zero-order chi connectivity index (χ0) is 30.7. The summed E-state index contributed by atoms with van der Waals surface area (Å²) in [6, 6.07) is 23.0. The van der Waals surface area contributed by atoms with E-state index >= 15 is 0 Å². The predicted molar refractivity (Wildman–Crippen MR) is 171 cm³/mol. The number of anilines is 1. The van der Waals surface area contributed by atoms with Crippen LogP contribution in [0.4, 0.5) is 5.69 Å². The van der Waals surface area contributed by atoms with Crippen LogP contribution in [0.3, 0.4) is 0 Å². The van der Waals surface area contributed by atoms with Gasteiger partial charge in [-0.2, -0.15) is 0 Å². The van der Waals surface area contributed by atoms with Crippen molar-refractivity contribution in [2.75, 3.05) is 25.5 Å². The molecule has 0 bridgehead atoms. The van der Waals surface area contributed by atoms with Crippen LogP contribution in [0.15, 0.2) is 72.8 Å². The third kappa shape index (κ3) is 6.59. The summed E-state index contributed by atoms with van der Waals surface area (Å²) >= 11 is 0. The van der Waals surface area contributed by atoms with Crippen LogP contribution in [0.25, 0.3) is 22.5 Å². The van der Waals surface area contributed by atoms with E-state index in [-0.39, 0.29) is 5.91 Å². The fourth-order valence-electron chi connectivity index (χ4n) is 6.68. The minimum atomic E-state index is -3.68. The average Bonchev–Trinajstić information content (AvgIpc) is 3.53. The molecule has 2 aliphatic rings. The van der Waals surface area contributed by atoms with Crippen LogP contribution in [-0.4, -0.2) is 71.8 Å². The number of aromatic nitrogens is 4. The molecule has 0 spiro atoms. The lowest BCUT2D eigenvalue weighted by molar-refractivity contribution is -0.120. The molecule has 0 radical (unpaired) electrons. The minimum Gasteiger partial charge on any atom is -0.309 e. The summed E-state index contributed by atoms with van der Waals surface area (Å²) < 4.78 is 30.2. The number of sulfonamides is 1. The Morgan fingerprint density at radius 2 is 1.70 bits per heavy atom. The number of amides is 1. The van der Waals surface area contributed by atoms with Crippen molar-refractivity contribution in [1.29, 1.82) is 0 Å². The number of nitrogens with one attached hydrogen (secondary N) is 2. The molecule has 4 aromatic rings. The maximum absolute atomic E-state index is 14.1. The largest absolute Gasteiger partial charge is 0.309 e. The number of H-pyrrole nitrogens is 1. The van der Waals surface area contributed by atoms with Gasteiger partial charge in [0.25, 0.3) is 0 Å². The first-order chi connectivity index (χ1) is 21.3. The number of carbonyl (C=O) groups is 1. The fraction of sp³-hybridized carbons (Fsp3) is 0.394.